The molecule has 0 aromatic heterocycles. The van der Waals surface area contributed by atoms with Crippen LogP contribution >= 0.6 is 0 Å². The van der Waals surface area contributed by atoms with E-state index in [2.05, 4.69) is 46.4 Å². The highest BCUT2D eigenvalue weighted by Gasteiger charge is 2.19. The van der Waals surface area contributed by atoms with Crippen LogP contribution < -0.4 is 5.32 Å². The molecule has 122 valence electrons. The minimum atomic E-state index is 0.674. The Morgan fingerprint density at radius 1 is 1.36 bits per heavy atom. The number of guanidine groups is 1. The number of aliphatic imine (C=N–C) groups is 1. The third-order valence-electron chi connectivity index (χ3n) is 4.19. The summed E-state index contributed by atoms with van der Waals surface area (Å²) >= 11 is 0. The van der Waals surface area contributed by atoms with E-state index in [1.54, 1.807) is 0 Å². The second-order valence-electron chi connectivity index (χ2n) is 6.00. The molecule has 1 atom stereocenters. The van der Waals surface area contributed by atoms with Gasteiger partial charge < -0.3 is 15.0 Å². The molecule has 1 aromatic carbocycles. The number of hydrogen-bond acceptors (Lipinski definition) is 2. The molecule has 0 amide bonds. The molecule has 1 unspecified atom stereocenters. The number of likely N-dealkylation sites (tertiary alicyclic amines) is 1. The first-order valence-electron chi connectivity index (χ1n) is 8.34. The van der Waals surface area contributed by atoms with Gasteiger partial charge in [0.1, 0.15) is 0 Å². The summed E-state index contributed by atoms with van der Waals surface area (Å²) in [7, 11) is 1.87. The van der Waals surface area contributed by atoms with Crippen LogP contribution in [-0.4, -0.2) is 37.6 Å². The van der Waals surface area contributed by atoms with E-state index < -0.39 is 0 Å². The first-order chi connectivity index (χ1) is 10.7. The number of hydrogen-bond donors (Lipinski definition) is 1. The van der Waals surface area contributed by atoms with Crippen LogP contribution in [0.2, 0.25) is 0 Å². The molecular weight excluding hydrogens is 274 g/mol. The Morgan fingerprint density at radius 3 is 2.82 bits per heavy atom. The molecule has 2 rings (SSSR count). The van der Waals surface area contributed by atoms with Gasteiger partial charge in [0.15, 0.2) is 5.96 Å². The van der Waals surface area contributed by atoms with Crippen molar-refractivity contribution in [3.05, 3.63) is 35.4 Å². The Morgan fingerprint density at radius 2 is 2.14 bits per heavy atom. The highest BCUT2D eigenvalue weighted by Crippen LogP contribution is 2.16. The van der Waals surface area contributed by atoms with Gasteiger partial charge in [0.25, 0.3) is 0 Å². The maximum atomic E-state index is 5.56. The summed E-state index contributed by atoms with van der Waals surface area (Å²) in [4.78, 5) is 6.83. The van der Waals surface area contributed by atoms with E-state index in [0.717, 1.165) is 38.1 Å². The molecule has 1 heterocycles. The van der Waals surface area contributed by atoms with Crippen molar-refractivity contribution in [2.75, 3.05) is 26.7 Å². The van der Waals surface area contributed by atoms with E-state index in [-0.39, 0.29) is 0 Å². The minimum Gasteiger partial charge on any atom is -0.377 e. The lowest BCUT2D eigenvalue weighted by molar-refractivity contribution is 0.133. The summed E-state index contributed by atoms with van der Waals surface area (Å²) in [6.07, 6.45) is 2.58. The van der Waals surface area contributed by atoms with Gasteiger partial charge in [-0.25, -0.2) is 0 Å². The van der Waals surface area contributed by atoms with E-state index in [1.165, 1.54) is 24.0 Å². The standard InChI is InChI=1S/C18H29N3O/c1-4-22-14-17-10-6-5-9-16(17)12-20-18(19-3)21-11-7-8-15(2)13-21/h5-6,9-10,15H,4,7-8,11-14H2,1-3H3,(H,19,20). The van der Waals surface area contributed by atoms with Crippen LogP contribution in [0.3, 0.4) is 0 Å². The van der Waals surface area contributed by atoms with Crippen molar-refractivity contribution in [3.63, 3.8) is 0 Å². The highest BCUT2D eigenvalue weighted by molar-refractivity contribution is 5.80. The summed E-state index contributed by atoms with van der Waals surface area (Å²) in [5.74, 6) is 1.76. The van der Waals surface area contributed by atoms with Crippen molar-refractivity contribution in [2.24, 2.45) is 10.9 Å². The lowest BCUT2D eigenvalue weighted by Crippen LogP contribution is -2.45. The number of benzene rings is 1. The second kappa shape index (κ2) is 8.79. The molecule has 22 heavy (non-hydrogen) atoms. The van der Waals surface area contributed by atoms with Crippen molar-refractivity contribution in [1.82, 2.24) is 10.2 Å². The minimum absolute atomic E-state index is 0.674. The van der Waals surface area contributed by atoms with Gasteiger partial charge in [0, 0.05) is 33.3 Å². The topological polar surface area (TPSA) is 36.9 Å². The fraction of sp³-hybridized carbons (Fsp3) is 0.611. The van der Waals surface area contributed by atoms with Gasteiger partial charge >= 0.3 is 0 Å². The number of ether oxygens (including phenoxy) is 1. The fourth-order valence-electron chi connectivity index (χ4n) is 2.97. The van der Waals surface area contributed by atoms with Crippen LogP contribution in [0.15, 0.2) is 29.3 Å². The van der Waals surface area contributed by atoms with Crippen molar-refractivity contribution in [1.29, 1.82) is 0 Å². The van der Waals surface area contributed by atoms with Crippen LogP contribution in [0.4, 0.5) is 0 Å². The maximum absolute atomic E-state index is 5.56. The van der Waals surface area contributed by atoms with Gasteiger partial charge in [-0.15, -0.1) is 0 Å². The average molecular weight is 303 g/mol. The molecule has 1 fully saturated rings. The van der Waals surface area contributed by atoms with Crippen LogP contribution in [-0.2, 0) is 17.9 Å². The SMILES string of the molecule is CCOCc1ccccc1CNC(=NC)N1CCCC(C)C1. The van der Waals surface area contributed by atoms with Crippen molar-refractivity contribution >= 4 is 5.96 Å². The predicted octanol–water partition coefficient (Wildman–Crippen LogP) is 3.03. The lowest BCUT2D eigenvalue weighted by atomic mass is 10.0. The summed E-state index contributed by atoms with van der Waals surface area (Å²) < 4.78 is 5.56. The zero-order valence-corrected chi connectivity index (χ0v) is 14.1. The Balaban J connectivity index is 1.96. The van der Waals surface area contributed by atoms with Crippen LogP contribution in [0.25, 0.3) is 0 Å². The number of rotatable bonds is 5. The zero-order valence-electron chi connectivity index (χ0n) is 14.1. The first kappa shape index (κ1) is 16.8. The van der Waals surface area contributed by atoms with Gasteiger partial charge in [-0.05, 0) is 36.8 Å². The molecule has 4 heteroatoms. The summed E-state index contributed by atoms with van der Waals surface area (Å²) in [5.41, 5.74) is 2.53. The molecule has 0 spiro atoms. The Kier molecular flexibility index (Phi) is 6.72. The first-order valence-corrected chi connectivity index (χ1v) is 8.34. The number of nitrogens with one attached hydrogen (secondary N) is 1. The molecule has 0 bridgehead atoms. The predicted molar refractivity (Wildman–Crippen MR) is 91.9 cm³/mol. The monoisotopic (exact) mass is 303 g/mol. The fourth-order valence-corrected chi connectivity index (χ4v) is 2.97. The molecule has 1 aliphatic heterocycles. The van der Waals surface area contributed by atoms with Crippen LogP contribution in [0, 0.1) is 5.92 Å². The normalized spacial score (nSPS) is 19.3. The average Bonchev–Trinajstić information content (AvgIpc) is 2.54. The summed E-state index contributed by atoms with van der Waals surface area (Å²) in [6.45, 7) is 8.76. The number of nitrogens with zero attached hydrogens (tertiary/aromatic N) is 2. The van der Waals surface area contributed by atoms with Crippen molar-refractivity contribution < 1.29 is 4.74 Å². The van der Waals surface area contributed by atoms with E-state index >= 15 is 0 Å². The van der Waals surface area contributed by atoms with Crippen LogP contribution in [0.5, 0.6) is 0 Å². The molecule has 1 aliphatic rings. The third kappa shape index (κ3) is 4.73. The summed E-state index contributed by atoms with van der Waals surface area (Å²) in [5, 5.41) is 3.51. The zero-order chi connectivity index (χ0) is 15.8. The smallest absolute Gasteiger partial charge is 0.193 e. The maximum Gasteiger partial charge on any atom is 0.193 e. The van der Waals surface area contributed by atoms with E-state index in [1.807, 2.05) is 14.0 Å². The molecule has 0 radical (unpaired) electrons. The van der Waals surface area contributed by atoms with E-state index in [9.17, 15) is 0 Å². The molecule has 1 aromatic rings. The molecule has 4 nitrogen and oxygen atoms in total. The van der Waals surface area contributed by atoms with Crippen molar-refractivity contribution in [3.8, 4) is 0 Å². The van der Waals surface area contributed by atoms with Gasteiger partial charge in [-0.1, -0.05) is 31.2 Å². The molecular formula is C18H29N3O. The van der Waals surface area contributed by atoms with Gasteiger partial charge in [0.05, 0.1) is 6.61 Å². The lowest BCUT2D eigenvalue weighted by Gasteiger charge is -2.33. The highest BCUT2D eigenvalue weighted by atomic mass is 16.5. The van der Waals surface area contributed by atoms with Gasteiger partial charge in [-0.2, -0.15) is 0 Å². The molecule has 1 N–H and O–H groups in total. The van der Waals surface area contributed by atoms with Crippen molar-refractivity contribution in [2.45, 2.75) is 39.8 Å². The van der Waals surface area contributed by atoms with E-state index in [0.29, 0.717) is 6.61 Å². The second-order valence-corrected chi connectivity index (χ2v) is 6.00. The van der Waals surface area contributed by atoms with E-state index in [4.69, 9.17) is 4.74 Å². The molecule has 0 saturated carbocycles. The third-order valence-corrected chi connectivity index (χ3v) is 4.19. The molecule has 1 saturated heterocycles. The molecule has 0 aliphatic carbocycles. The van der Waals surface area contributed by atoms with Gasteiger partial charge in [-0.3, -0.25) is 4.99 Å². The summed E-state index contributed by atoms with van der Waals surface area (Å²) in [6, 6.07) is 8.45. The quantitative estimate of drug-likeness (QED) is 0.671. The Bertz CT molecular complexity index is 487. The number of piperidine rings is 1. The van der Waals surface area contributed by atoms with Gasteiger partial charge in [0.2, 0.25) is 0 Å². The largest absolute Gasteiger partial charge is 0.377 e. The Labute approximate surface area is 134 Å². The Hall–Kier alpha value is -1.55. The van der Waals surface area contributed by atoms with Crippen LogP contribution in [0.1, 0.15) is 37.8 Å².